The summed E-state index contributed by atoms with van der Waals surface area (Å²) in [6.07, 6.45) is 0. The third-order valence-electron chi connectivity index (χ3n) is 0.612. The van der Waals surface area contributed by atoms with Crippen molar-refractivity contribution in [3.63, 3.8) is 0 Å². The summed E-state index contributed by atoms with van der Waals surface area (Å²) in [7, 11) is 0. The summed E-state index contributed by atoms with van der Waals surface area (Å²) in [6, 6.07) is 0. The SMILES string of the molecule is CC(C)(C)C[O][Sn][O][SnH]. The fourth-order valence-corrected chi connectivity index (χ4v) is 3.18. The molecule has 2 nitrogen and oxygen atoms in total. The molecule has 0 heterocycles. The molecule has 0 aliphatic carbocycles. The molecule has 9 heavy (non-hydrogen) atoms. The summed E-state index contributed by atoms with van der Waals surface area (Å²) >= 11 is 0.0585. The van der Waals surface area contributed by atoms with Gasteiger partial charge in [-0.25, -0.2) is 0 Å². The van der Waals surface area contributed by atoms with Gasteiger partial charge in [0.05, 0.1) is 0 Å². The van der Waals surface area contributed by atoms with Crippen LogP contribution in [0.5, 0.6) is 0 Å². The summed E-state index contributed by atoms with van der Waals surface area (Å²) < 4.78 is 10.3. The van der Waals surface area contributed by atoms with Gasteiger partial charge in [-0.1, -0.05) is 0 Å². The van der Waals surface area contributed by atoms with Crippen LogP contribution in [0.15, 0.2) is 0 Å². The fourth-order valence-electron chi connectivity index (χ4n) is 0.280. The molecule has 4 radical (unpaired) electrons. The molecular weight excluding hydrogens is 329 g/mol. The van der Waals surface area contributed by atoms with E-state index < -0.39 is 22.0 Å². The van der Waals surface area contributed by atoms with Crippen molar-refractivity contribution in [3.05, 3.63) is 0 Å². The van der Waals surface area contributed by atoms with E-state index in [9.17, 15) is 0 Å². The van der Waals surface area contributed by atoms with Crippen molar-refractivity contribution in [2.45, 2.75) is 20.8 Å². The Labute approximate surface area is 81.6 Å². The van der Waals surface area contributed by atoms with Gasteiger partial charge >= 0.3 is 82.2 Å². The Bertz CT molecular complexity index is 69.8. The van der Waals surface area contributed by atoms with Gasteiger partial charge in [-0.3, -0.25) is 0 Å². The van der Waals surface area contributed by atoms with Crippen molar-refractivity contribution in [3.8, 4) is 0 Å². The molecule has 0 aromatic rings. The summed E-state index contributed by atoms with van der Waals surface area (Å²) in [5, 5.41) is 0. The van der Waals surface area contributed by atoms with Gasteiger partial charge in [0.2, 0.25) is 0 Å². The van der Waals surface area contributed by atoms with Gasteiger partial charge in [0.1, 0.15) is 0 Å². The van der Waals surface area contributed by atoms with Crippen LogP contribution in [-0.2, 0) is 4.49 Å². The minimum atomic E-state index is -0.837. The Morgan fingerprint density at radius 2 is 2.00 bits per heavy atom. The monoisotopic (exact) mass is 344 g/mol. The molecule has 0 saturated carbocycles. The molecule has 0 rings (SSSR count). The second-order valence-corrected chi connectivity index (χ2v) is 9.54. The van der Waals surface area contributed by atoms with Crippen LogP contribution in [0.2, 0.25) is 0 Å². The van der Waals surface area contributed by atoms with E-state index in [1.54, 1.807) is 0 Å². The molecule has 0 fully saturated rings. The van der Waals surface area contributed by atoms with Gasteiger partial charge in [-0.05, 0) is 0 Å². The van der Waals surface area contributed by atoms with Gasteiger partial charge in [0.25, 0.3) is 0 Å². The van der Waals surface area contributed by atoms with Crippen LogP contribution >= 0.6 is 0 Å². The summed E-state index contributed by atoms with van der Waals surface area (Å²) in [4.78, 5) is 0. The van der Waals surface area contributed by atoms with E-state index in [1.165, 1.54) is 0 Å². The van der Waals surface area contributed by atoms with Crippen molar-refractivity contribution in [1.82, 2.24) is 0 Å². The van der Waals surface area contributed by atoms with Gasteiger partial charge in [-0.15, -0.1) is 0 Å². The zero-order valence-electron chi connectivity index (χ0n) is 6.10. The first-order valence-electron chi connectivity index (χ1n) is 2.79. The fraction of sp³-hybridized carbons (Fsp3) is 1.00. The van der Waals surface area contributed by atoms with Gasteiger partial charge in [-0.2, -0.15) is 0 Å². The molecule has 0 saturated heterocycles. The summed E-state index contributed by atoms with van der Waals surface area (Å²) in [5.74, 6) is 0. The van der Waals surface area contributed by atoms with Crippen molar-refractivity contribution in [1.29, 1.82) is 0 Å². The Kier molecular flexibility index (Phi) is 6.08. The molecule has 0 amide bonds. The van der Waals surface area contributed by atoms with Crippen molar-refractivity contribution in [2.24, 2.45) is 5.41 Å². The molecular formula is C5H12O2Sn2. The van der Waals surface area contributed by atoms with E-state index in [4.69, 9.17) is 4.49 Å². The predicted octanol–water partition coefficient (Wildman–Crippen LogP) is 0.416. The van der Waals surface area contributed by atoms with E-state index in [0.717, 1.165) is 29.5 Å². The average molecular weight is 342 g/mol. The molecule has 0 N–H and O–H groups in total. The first-order chi connectivity index (χ1) is 4.06. The first kappa shape index (κ1) is 10.5. The van der Waals surface area contributed by atoms with Crippen LogP contribution in [0.4, 0.5) is 0 Å². The minimum absolute atomic E-state index is 0.305. The van der Waals surface area contributed by atoms with Crippen LogP contribution in [-0.4, -0.2) is 51.5 Å². The second kappa shape index (κ2) is 5.21. The predicted molar refractivity (Wildman–Crippen MR) is 39.4 cm³/mol. The van der Waals surface area contributed by atoms with E-state index in [0.29, 0.717) is 5.41 Å². The number of hydrogen-bond acceptors (Lipinski definition) is 2. The molecule has 52 valence electrons. The molecule has 0 bridgehead atoms. The third kappa shape index (κ3) is 9.52. The molecule has 0 aromatic heterocycles. The Morgan fingerprint density at radius 1 is 1.44 bits per heavy atom. The van der Waals surface area contributed by atoms with Crippen LogP contribution < -0.4 is 0 Å². The second-order valence-electron chi connectivity index (χ2n) is 3.05. The van der Waals surface area contributed by atoms with Crippen LogP contribution in [0.25, 0.3) is 0 Å². The van der Waals surface area contributed by atoms with Crippen molar-refractivity contribution >= 4 is 44.9 Å². The normalized spacial score (nSPS) is 12.0. The maximum atomic E-state index is 5.33. The Morgan fingerprint density at radius 3 is 2.33 bits per heavy atom. The number of rotatable bonds is 3. The molecule has 0 unspecified atom stereocenters. The van der Waals surface area contributed by atoms with Crippen molar-refractivity contribution in [2.75, 3.05) is 6.61 Å². The molecule has 0 spiro atoms. The quantitative estimate of drug-likeness (QED) is 0.547. The standard InChI is InChI=1S/C5H11O.O.2Sn.H/c1-5(2,3)4-6;;;;/h4H2,1-3H3;;;;/q-1;;;+1;. The van der Waals surface area contributed by atoms with Gasteiger partial charge < -0.3 is 0 Å². The van der Waals surface area contributed by atoms with Crippen LogP contribution in [0.1, 0.15) is 20.8 Å². The summed E-state index contributed by atoms with van der Waals surface area (Å²) in [6.45, 7) is 7.34. The van der Waals surface area contributed by atoms with E-state index in [1.807, 2.05) is 0 Å². The van der Waals surface area contributed by atoms with Crippen LogP contribution in [0.3, 0.4) is 0 Å². The first-order valence-corrected chi connectivity index (χ1v) is 6.46. The van der Waals surface area contributed by atoms with E-state index in [2.05, 4.69) is 20.8 Å². The zero-order valence-corrected chi connectivity index (χ0v) is 12.3. The maximum absolute atomic E-state index is 5.33. The van der Waals surface area contributed by atoms with Gasteiger partial charge in [0.15, 0.2) is 0 Å². The number of hydrogen-bond donors (Lipinski definition) is 0. The molecule has 0 aliphatic rings. The van der Waals surface area contributed by atoms with Crippen LogP contribution in [0, 0.1) is 5.41 Å². The Hall–Kier alpha value is 1.52. The third-order valence-corrected chi connectivity index (χ3v) is 3.48. The molecule has 0 atom stereocenters. The van der Waals surface area contributed by atoms with E-state index in [-0.39, 0.29) is 0 Å². The Balaban J connectivity index is 3.07. The summed E-state index contributed by atoms with van der Waals surface area (Å²) in [5.41, 5.74) is 0.305. The topological polar surface area (TPSA) is 18.5 Å². The molecule has 0 aliphatic heterocycles. The zero-order chi connectivity index (χ0) is 7.33. The molecule has 4 heteroatoms. The molecule has 0 aromatic carbocycles. The van der Waals surface area contributed by atoms with E-state index >= 15 is 0 Å². The van der Waals surface area contributed by atoms with Gasteiger partial charge in [0, 0.05) is 0 Å². The van der Waals surface area contributed by atoms with Crippen molar-refractivity contribution < 1.29 is 4.49 Å². The average Bonchev–Trinajstić information content (AvgIpc) is 1.63.